The van der Waals surface area contributed by atoms with Crippen LogP contribution in [0.2, 0.25) is 0 Å². The van der Waals surface area contributed by atoms with Gasteiger partial charge in [0, 0.05) is 44.2 Å². The standard InChI is InChI=1S/C41H67N3O10/c1-18-20-50-39(11)21-23(3)29-24(4)32-41(13,54-36(47)44(32)38(9,10)37(7,8)42-29)28(19-2)51-34(46)26(6)30(45)25(5)33(39)52-35-31(48-16)27(43(14)15)22-40(12,49-17)53-35/h1,23-28,31-33,35H,19-22H2,2-17H3/t23-,24+,25+,26-,27+,28-,31-,32-,33-,35-,39+,40-,41-/m1/s1. The molecule has 13 atom stereocenters. The highest BCUT2D eigenvalue weighted by Crippen LogP contribution is 2.50. The Labute approximate surface area is 323 Å². The van der Waals surface area contributed by atoms with E-state index in [1.807, 2.05) is 74.4 Å². The summed E-state index contributed by atoms with van der Waals surface area (Å²) in [5.74, 6) is -2.31. The second kappa shape index (κ2) is 15.7. The van der Waals surface area contributed by atoms with Crippen LogP contribution in [0.1, 0.15) is 102 Å². The zero-order valence-electron chi connectivity index (χ0n) is 35.6. The average Bonchev–Trinajstić information content (AvgIpc) is 3.36. The Morgan fingerprint density at radius 3 is 2.15 bits per heavy atom. The molecule has 4 aliphatic heterocycles. The van der Waals surface area contributed by atoms with Crippen LogP contribution in [0.4, 0.5) is 4.79 Å². The maximum absolute atomic E-state index is 14.6. The number of hydrogen-bond donors (Lipinski definition) is 0. The topological polar surface area (TPSA) is 135 Å². The van der Waals surface area contributed by atoms with Crippen molar-refractivity contribution in [1.29, 1.82) is 0 Å². The lowest BCUT2D eigenvalue weighted by molar-refractivity contribution is -0.371. The maximum atomic E-state index is 14.6. The first-order chi connectivity index (χ1) is 24.9. The van der Waals surface area contributed by atoms with Gasteiger partial charge in [-0.1, -0.05) is 33.6 Å². The molecule has 4 rings (SSSR count). The Bertz CT molecular complexity index is 1490. The van der Waals surface area contributed by atoms with Gasteiger partial charge >= 0.3 is 12.1 Å². The molecule has 3 saturated heterocycles. The lowest BCUT2D eigenvalue weighted by Crippen LogP contribution is -2.64. The summed E-state index contributed by atoms with van der Waals surface area (Å²) < 4.78 is 44.6. The molecular weight excluding hydrogens is 694 g/mol. The predicted octanol–water partition coefficient (Wildman–Crippen LogP) is 5.26. The lowest BCUT2D eigenvalue weighted by Gasteiger charge is -2.50. The van der Waals surface area contributed by atoms with Gasteiger partial charge in [0.25, 0.3) is 0 Å². The minimum Gasteiger partial charge on any atom is -0.458 e. The van der Waals surface area contributed by atoms with E-state index in [0.717, 1.165) is 5.71 Å². The number of Topliss-reactive ketones (excluding diaryl/α,β-unsaturated/α-hetero) is 1. The highest BCUT2D eigenvalue weighted by Gasteiger charge is 2.66. The molecule has 0 N–H and O–H groups in total. The molecule has 0 aromatic rings. The molecule has 0 aromatic carbocycles. The number of esters is 1. The summed E-state index contributed by atoms with van der Waals surface area (Å²) in [5, 5.41) is 0. The average molecular weight is 762 g/mol. The highest BCUT2D eigenvalue weighted by atomic mass is 16.8. The number of hydrogen-bond acceptors (Lipinski definition) is 12. The first-order valence-electron chi connectivity index (χ1n) is 19.4. The van der Waals surface area contributed by atoms with E-state index in [4.69, 9.17) is 44.6 Å². The van der Waals surface area contributed by atoms with Crippen LogP contribution in [0, 0.1) is 36.0 Å². The third-order valence-corrected chi connectivity index (χ3v) is 13.3. The zero-order valence-corrected chi connectivity index (χ0v) is 35.6. The summed E-state index contributed by atoms with van der Waals surface area (Å²) in [7, 11) is 7.08. The SMILES string of the molecule is C#CCO[C@@]1(C)C[C@@H](C)C2=NC(C)(C)C(C)(C)N3C(=O)O[C@](C)([C@@H](CC)OC(=O)[C@H](C)C(=O)[C@H](C)[C@H]1O[C@@H]1O[C@@](C)(OC)C[C@H](N(C)C)[C@H]1OC)[C@H]3[C@H]2C. The first kappa shape index (κ1) is 44.1. The summed E-state index contributed by atoms with van der Waals surface area (Å²) >= 11 is 0. The molecule has 0 spiro atoms. The summed E-state index contributed by atoms with van der Waals surface area (Å²) in [6.45, 7) is 22.8. The highest BCUT2D eigenvalue weighted by molar-refractivity contribution is 6.00. The van der Waals surface area contributed by atoms with Crippen molar-refractivity contribution in [3.05, 3.63) is 0 Å². The number of rotatable bonds is 8. The van der Waals surface area contributed by atoms with Gasteiger partial charge in [-0.2, -0.15) is 0 Å². The van der Waals surface area contributed by atoms with Crippen molar-refractivity contribution in [3.8, 4) is 12.3 Å². The minimum atomic E-state index is -1.25. The van der Waals surface area contributed by atoms with E-state index in [2.05, 4.69) is 19.8 Å². The largest absolute Gasteiger partial charge is 0.458 e. The predicted molar refractivity (Wildman–Crippen MR) is 204 cm³/mol. The van der Waals surface area contributed by atoms with Crippen LogP contribution >= 0.6 is 0 Å². The lowest BCUT2D eigenvalue weighted by atomic mass is 9.72. The molecule has 306 valence electrons. The van der Waals surface area contributed by atoms with Gasteiger partial charge in [0.2, 0.25) is 0 Å². The molecule has 0 saturated carbocycles. The van der Waals surface area contributed by atoms with Crippen molar-refractivity contribution in [2.75, 3.05) is 34.9 Å². The minimum absolute atomic E-state index is 0.0769. The smallest absolute Gasteiger partial charge is 0.411 e. The van der Waals surface area contributed by atoms with Crippen molar-refractivity contribution in [1.82, 2.24) is 9.80 Å². The molecule has 4 heterocycles. The van der Waals surface area contributed by atoms with Gasteiger partial charge in [-0.3, -0.25) is 19.5 Å². The number of carbonyl (C=O) groups excluding carboxylic acids is 3. The second-order valence-corrected chi connectivity index (χ2v) is 17.8. The van der Waals surface area contributed by atoms with E-state index in [0.29, 0.717) is 19.3 Å². The maximum Gasteiger partial charge on any atom is 0.411 e. The second-order valence-electron chi connectivity index (χ2n) is 17.8. The number of aliphatic imine (C=N–C) groups is 1. The molecule has 4 aliphatic rings. The van der Waals surface area contributed by atoms with E-state index in [9.17, 15) is 14.4 Å². The fourth-order valence-electron chi connectivity index (χ4n) is 9.44. The Morgan fingerprint density at radius 1 is 0.981 bits per heavy atom. The molecule has 0 aliphatic carbocycles. The number of likely N-dealkylation sites (N-methyl/N-ethyl adjacent to an activating group) is 1. The van der Waals surface area contributed by atoms with Crippen molar-refractivity contribution in [3.63, 3.8) is 0 Å². The number of terminal acetylenes is 1. The molecule has 13 heteroatoms. The van der Waals surface area contributed by atoms with Gasteiger partial charge in [0.15, 0.2) is 23.5 Å². The number of ether oxygens (including phenoxy) is 7. The molecule has 13 nitrogen and oxygen atoms in total. The molecule has 0 radical (unpaired) electrons. The van der Waals surface area contributed by atoms with Gasteiger partial charge in [-0.15, -0.1) is 6.42 Å². The Morgan fingerprint density at radius 2 is 1.61 bits per heavy atom. The molecule has 1 amide bonds. The number of carbonyl (C=O) groups is 3. The molecule has 2 bridgehead atoms. The van der Waals surface area contributed by atoms with Crippen molar-refractivity contribution in [2.45, 2.75) is 167 Å². The van der Waals surface area contributed by atoms with Crippen LogP contribution in [0.5, 0.6) is 0 Å². The number of methoxy groups -OCH3 is 2. The summed E-state index contributed by atoms with van der Waals surface area (Å²) in [4.78, 5) is 52.0. The fraction of sp³-hybridized carbons (Fsp3) is 0.854. The van der Waals surface area contributed by atoms with Gasteiger partial charge in [-0.05, 0) is 88.2 Å². The van der Waals surface area contributed by atoms with Gasteiger partial charge in [0.1, 0.15) is 24.7 Å². The third-order valence-electron chi connectivity index (χ3n) is 13.3. The van der Waals surface area contributed by atoms with E-state index in [1.165, 1.54) is 6.92 Å². The molecule has 0 aromatic heterocycles. The normalized spacial score (nSPS) is 42.7. The first-order valence-corrected chi connectivity index (χ1v) is 19.4. The molecule has 3 fully saturated rings. The Hall–Kier alpha value is -2.60. The summed E-state index contributed by atoms with van der Waals surface area (Å²) in [6.07, 6.45) is 3.03. The van der Waals surface area contributed by atoms with Gasteiger partial charge in [0.05, 0.1) is 28.8 Å². The number of cyclic esters (lactones) is 1. The van der Waals surface area contributed by atoms with Crippen LogP contribution in [0.15, 0.2) is 4.99 Å². The molecule has 0 unspecified atom stereocenters. The van der Waals surface area contributed by atoms with E-state index >= 15 is 0 Å². The Kier molecular flexibility index (Phi) is 12.9. The molecular formula is C41H67N3O10. The summed E-state index contributed by atoms with van der Waals surface area (Å²) in [5.41, 5.74) is -3.23. The monoisotopic (exact) mass is 761 g/mol. The number of nitrogens with zero attached hydrogens (tertiary/aromatic N) is 3. The quantitative estimate of drug-likeness (QED) is 0.182. The van der Waals surface area contributed by atoms with Crippen molar-refractivity contribution >= 4 is 23.6 Å². The van der Waals surface area contributed by atoms with Crippen molar-refractivity contribution < 1.29 is 47.5 Å². The van der Waals surface area contributed by atoms with E-state index < -0.39 is 88.4 Å². The molecule has 54 heavy (non-hydrogen) atoms. The Balaban J connectivity index is 1.97. The number of ketones is 1. The van der Waals surface area contributed by atoms with Crippen LogP contribution in [0.3, 0.4) is 0 Å². The van der Waals surface area contributed by atoms with Gasteiger partial charge in [-0.25, -0.2) is 4.79 Å². The number of amides is 1. The van der Waals surface area contributed by atoms with Crippen LogP contribution in [0.25, 0.3) is 0 Å². The third kappa shape index (κ3) is 7.60. The van der Waals surface area contributed by atoms with Crippen LogP contribution < -0.4 is 0 Å². The fourth-order valence-corrected chi connectivity index (χ4v) is 9.44. The van der Waals surface area contributed by atoms with Crippen molar-refractivity contribution in [2.24, 2.45) is 28.7 Å². The van der Waals surface area contributed by atoms with Gasteiger partial charge < -0.3 is 38.1 Å². The zero-order chi connectivity index (χ0) is 40.9. The number of fused-ring (bicyclic) bond motifs is 1. The van der Waals surface area contributed by atoms with E-state index in [1.54, 1.807) is 26.0 Å². The van der Waals surface area contributed by atoms with Crippen LogP contribution in [-0.2, 0) is 42.7 Å². The van der Waals surface area contributed by atoms with E-state index in [-0.39, 0.29) is 24.5 Å². The summed E-state index contributed by atoms with van der Waals surface area (Å²) in [6, 6.07) is -0.744. The van der Waals surface area contributed by atoms with Crippen LogP contribution in [-0.4, -0.2) is 133 Å².